The van der Waals surface area contributed by atoms with Gasteiger partial charge in [0.1, 0.15) is 0 Å². The Morgan fingerprint density at radius 3 is 2.23 bits per heavy atom. The van der Waals surface area contributed by atoms with Crippen molar-refractivity contribution in [1.82, 2.24) is 0 Å². The molecule has 0 aromatic heterocycles. The monoisotopic (exact) mass is 477 g/mol. The summed E-state index contributed by atoms with van der Waals surface area (Å²) >= 11 is 0. The number of Topliss-reactive ketones (excluding diaryl/α,β-unsaturated/α-hetero) is 1. The first kappa shape index (κ1) is 23.7. The minimum Gasteiger partial charge on any atom is -0.493 e. The molecule has 0 spiro atoms. The fraction of sp³-hybridized carbons (Fsp3) is 0.483. The Morgan fingerprint density at radius 1 is 0.971 bits per heavy atom. The van der Waals surface area contributed by atoms with Gasteiger partial charge in [0.2, 0.25) is 5.75 Å². The molecule has 0 amide bonds. The van der Waals surface area contributed by atoms with E-state index in [4.69, 9.17) is 14.2 Å². The summed E-state index contributed by atoms with van der Waals surface area (Å²) in [4.78, 5) is 16.0. The van der Waals surface area contributed by atoms with Crippen molar-refractivity contribution in [2.24, 2.45) is 5.41 Å². The molecule has 35 heavy (non-hydrogen) atoms. The molecule has 0 radical (unpaired) electrons. The normalized spacial score (nSPS) is 20.3. The van der Waals surface area contributed by atoms with E-state index < -0.39 is 0 Å². The number of methoxy groups -OCH3 is 3. The molecule has 0 saturated carbocycles. The minimum atomic E-state index is -0.238. The Kier molecular flexibility index (Phi) is 6.04. The van der Waals surface area contributed by atoms with Crippen molar-refractivity contribution in [3.05, 3.63) is 57.8 Å². The zero-order valence-electron chi connectivity index (χ0n) is 21.4. The highest BCUT2D eigenvalue weighted by atomic mass is 16.5. The topological polar surface area (TPSA) is 68.2 Å². The summed E-state index contributed by atoms with van der Waals surface area (Å²) in [5.41, 5.74) is 7.61. The fourth-order valence-corrected chi connectivity index (χ4v) is 6.24. The number of nitrogens with zero attached hydrogens (tertiary/aromatic N) is 1. The van der Waals surface area contributed by atoms with E-state index in [1.165, 1.54) is 11.1 Å². The SMILES string of the molecule is COc1cc(C2C3=C(CC(C)(C)CC3=O)N(CCO)c3cc4c(cc32)CCC4)cc(OC)c1OC. The van der Waals surface area contributed by atoms with Gasteiger partial charge in [0.05, 0.1) is 27.9 Å². The Balaban J connectivity index is 1.81. The molecule has 1 N–H and O–H groups in total. The molecule has 186 valence electrons. The van der Waals surface area contributed by atoms with Crippen molar-refractivity contribution in [3.8, 4) is 17.2 Å². The standard InChI is InChI=1S/C29H35NO5/c1-29(2)15-22-27(23(32)16-29)26(19-13-24(33-3)28(35-5)25(14-19)34-4)20-11-17-7-6-8-18(17)12-21(20)30(22)9-10-31/h11-14,26,31H,6-10,15-16H2,1-5H3. The molecule has 5 rings (SSSR count). The average molecular weight is 478 g/mol. The number of carbonyl (C=O) groups is 1. The molecule has 1 heterocycles. The summed E-state index contributed by atoms with van der Waals surface area (Å²) in [6.45, 7) is 4.80. The van der Waals surface area contributed by atoms with Crippen molar-refractivity contribution in [3.63, 3.8) is 0 Å². The second kappa shape index (κ2) is 8.90. The number of fused-ring (bicyclic) bond motifs is 2. The third-order valence-electron chi connectivity index (χ3n) is 7.70. The second-order valence-electron chi connectivity index (χ2n) is 10.6. The van der Waals surface area contributed by atoms with E-state index in [-0.39, 0.29) is 23.7 Å². The molecule has 0 bridgehead atoms. The molecule has 6 heteroatoms. The summed E-state index contributed by atoms with van der Waals surface area (Å²) in [6, 6.07) is 8.55. The van der Waals surface area contributed by atoms with Crippen LogP contribution in [0.4, 0.5) is 5.69 Å². The Hall–Kier alpha value is -2.99. The number of ketones is 1. The van der Waals surface area contributed by atoms with Crippen molar-refractivity contribution >= 4 is 11.5 Å². The largest absolute Gasteiger partial charge is 0.493 e. The van der Waals surface area contributed by atoms with Crippen LogP contribution in [0.15, 0.2) is 35.5 Å². The van der Waals surface area contributed by atoms with Crippen LogP contribution in [0, 0.1) is 5.41 Å². The van der Waals surface area contributed by atoms with E-state index in [9.17, 15) is 9.90 Å². The van der Waals surface area contributed by atoms with Crippen LogP contribution in [0.2, 0.25) is 0 Å². The molecular formula is C29H35NO5. The van der Waals surface area contributed by atoms with Gasteiger partial charge in [-0.25, -0.2) is 0 Å². The number of ether oxygens (including phenoxy) is 3. The quantitative estimate of drug-likeness (QED) is 0.645. The number of aliphatic hydroxyl groups is 1. The summed E-state index contributed by atoms with van der Waals surface area (Å²) in [5.74, 6) is 1.62. The molecule has 3 aliphatic rings. The zero-order chi connectivity index (χ0) is 24.9. The van der Waals surface area contributed by atoms with Crippen LogP contribution in [0.3, 0.4) is 0 Å². The maximum Gasteiger partial charge on any atom is 0.203 e. The molecule has 1 aliphatic heterocycles. The number of β-amino-alcohol motifs (C(OH)–C–C–N with tert-alkyl or cyclic N) is 1. The van der Waals surface area contributed by atoms with E-state index >= 15 is 0 Å². The van der Waals surface area contributed by atoms with E-state index in [0.29, 0.717) is 30.2 Å². The molecule has 0 saturated heterocycles. The molecule has 6 nitrogen and oxygen atoms in total. The lowest BCUT2D eigenvalue weighted by molar-refractivity contribution is -0.118. The lowest BCUT2D eigenvalue weighted by atomic mass is 9.68. The van der Waals surface area contributed by atoms with Crippen molar-refractivity contribution in [2.75, 3.05) is 39.4 Å². The molecule has 2 aromatic carbocycles. The lowest BCUT2D eigenvalue weighted by Gasteiger charge is -2.45. The maximum atomic E-state index is 13.8. The average Bonchev–Trinajstić information content (AvgIpc) is 3.29. The van der Waals surface area contributed by atoms with Gasteiger partial charge < -0.3 is 24.2 Å². The number of anilines is 1. The molecule has 1 atom stereocenters. The number of allylic oxidation sites excluding steroid dienone is 2. The highest BCUT2D eigenvalue weighted by Gasteiger charge is 2.44. The Morgan fingerprint density at radius 2 is 1.63 bits per heavy atom. The van der Waals surface area contributed by atoms with Crippen LogP contribution in [0.5, 0.6) is 17.2 Å². The van der Waals surface area contributed by atoms with Crippen LogP contribution < -0.4 is 19.1 Å². The predicted molar refractivity (Wildman–Crippen MR) is 136 cm³/mol. The summed E-state index contributed by atoms with van der Waals surface area (Å²) in [5, 5.41) is 10.0. The third-order valence-corrected chi connectivity index (χ3v) is 7.70. The Bertz CT molecular complexity index is 1190. The number of hydrogen-bond acceptors (Lipinski definition) is 6. The van der Waals surface area contributed by atoms with Gasteiger partial charge in [-0.2, -0.15) is 0 Å². The van der Waals surface area contributed by atoms with Crippen LogP contribution in [0.25, 0.3) is 0 Å². The number of benzene rings is 2. The highest BCUT2D eigenvalue weighted by Crippen LogP contribution is 2.54. The van der Waals surface area contributed by atoms with E-state index in [1.54, 1.807) is 21.3 Å². The van der Waals surface area contributed by atoms with Gasteiger partial charge in [-0.15, -0.1) is 0 Å². The Labute approximate surface area is 207 Å². The zero-order valence-corrected chi connectivity index (χ0v) is 21.4. The molecule has 1 unspecified atom stereocenters. The number of rotatable bonds is 6. The van der Waals surface area contributed by atoms with Gasteiger partial charge in [0.15, 0.2) is 17.3 Å². The van der Waals surface area contributed by atoms with Gasteiger partial charge >= 0.3 is 0 Å². The number of aryl methyl sites for hydroxylation is 2. The molecule has 0 fully saturated rings. The van der Waals surface area contributed by atoms with Gasteiger partial charge in [-0.3, -0.25) is 4.79 Å². The highest BCUT2D eigenvalue weighted by molar-refractivity contribution is 6.02. The van der Waals surface area contributed by atoms with E-state index in [1.807, 2.05) is 12.1 Å². The molecule has 2 aliphatic carbocycles. The van der Waals surface area contributed by atoms with Crippen LogP contribution in [-0.2, 0) is 17.6 Å². The van der Waals surface area contributed by atoms with Crippen LogP contribution in [0.1, 0.15) is 61.3 Å². The minimum absolute atomic E-state index is 0.0246. The first-order valence-corrected chi connectivity index (χ1v) is 12.4. The summed E-state index contributed by atoms with van der Waals surface area (Å²) in [7, 11) is 4.83. The third kappa shape index (κ3) is 3.88. The first-order valence-electron chi connectivity index (χ1n) is 12.4. The maximum absolute atomic E-state index is 13.8. The van der Waals surface area contributed by atoms with Crippen LogP contribution >= 0.6 is 0 Å². The van der Waals surface area contributed by atoms with Gasteiger partial charge in [0, 0.05) is 35.8 Å². The smallest absolute Gasteiger partial charge is 0.203 e. The summed E-state index contributed by atoms with van der Waals surface area (Å²) in [6.07, 6.45) is 4.55. The predicted octanol–water partition coefficient (Wildman–Crippen LogP) is 4.79. The summed E-state index contributed by atoms with van der Waals surface area (Å²) < 4.78 is 16.9. The number of aliphatic hydroxyl groups excluding tert-OH is 1. The number of hydrogen-bond donors (Lipinski definition) is 1. The van der Waals surface area contributed by atoms with Gasteiger partial charge in [0.25, 0.3) is 0 Å². The van der Waals surface area contributed by atoms with Gasteiger partial charge in [-0.1, -0.05) is 19.9 Å². The van der Waals surface area contributed by atoms with E-state index in [2.05, 4.69) is 30.9 Å². The molecule has 2 aromatic rings. The number of carbonyl (C=O) groups excluding carboxylic acids is 1. The first-order chi connectivity index (χ1) is 16.8. The van der Waals surface area contributed by atoms with Crippen molar-refractivity contribution in [2.45, 2.75) is 51.9 Å². The van der Waals surface area contributed by atoms with Crippen LogP contribution in [-0.4, -0.2) is 45.4 Å². The van der Waals surface area contributed by atoms with Crippen molar-refractivity contribution < 1.29 is 24.1 Å². The molecular weight excluding hydrogens is 442 g/mol. The van der Waals surface area contributed by atoms with E-state index in [0.717, 1.165) is 53.8 Å². The van der Waals surface area contributed by atoms with Crippen molar-refractivity contribution in [1.29, 1.82) is 0 Å². The lowest BCUT2D eigenvalue weighted by Crippen LogP contribution is -2.41. The van der Waals surface area contributed by atoms with Gasteiger partial charge in [-0.05, 0) is 71.6 Å². The second-order valence-corrected chi connectivity index (χ2v) is 10.6. The fourth-order valence-electron chi connectivity index (χ4n) is 6.24.